The second-order valence-electron chi connectivity index (χ2n) is 19.9. The molecule has 0 saturated heterocycles. The van der Waals surface area contributed by atoms with Gasteiger partial charge < -0.3 is 14.2 Å². The molecule has 0 aliphatic carbocycles. The summed E-state index contributed by atoms with van der Waals surface area (Å²) in [5.74, 6) is -0.872. The Morgan fingerprint density at radius 3 is 0.899 bits per heavy atom. The second-order valence-corrected chi connectivity index (χ2v) is 19.9. The summed E-state index contributed by atoms with van der Waals surface area (Å²) < 4.78 is 16.9. The first kappa shape index (κ1) is 66.1. The molecule has 0 bridgehead atoms. The van der Waals surface area contributed by atoms with E-state index in [1.165, 1.54) is 173 Å². The molecule has 0 aromatic rings. The van der Waals surface area contributed by atoms with Crippen LogP contribution in [-0.4, -0.2) is 37.2 Å². The van der Waals surface area contributed by atoms with Crippen molar-refractivity contribution in [3.8, 4) is 0 Å². The van der Waals surface area contributed by atoms with Gasteiger partial charge in [-0.25, -0.2) is 0 Å². The molecule has 0 amide bonds. The molecule has 400 valence electrons. The van der Waals surface area contributed by atoms with E-state index in [2.05, 4.69) is 81.5 Å². The third-order valence-electron chi connectivity index (χ3n) is 13.0. The average Bonchev–Trinajstić information content (AvgIpc) is 3.35. The molecule has 0 aliphatic rings. The van der Waals surface area contributed by atoms with Gasteiger partial charge in [-0.05, 0) is 83.5 Å². The average molecular weight is 966 g/mol. The minimum atomic E-state index is -0.776. The van der Waals surface area contributed by atoms with Crippen LogP contribution in [0.25, 0.3) is 0 Å². The summed E-state index contributed by atoms with van der Waals surface area (Å²) >= 11 is 0. The van der Waals surface area contributed by atoms with Gasteiger partial charge in [0.15, 0.2) is 6.10 Å². The summed E-state index contributed by atoms with van der Waals surface area (Å²) in [6.07, 6.45) is 72.2. The number of unbranched alkanes of at least 4 members (excludes halogenated alkanes) is 33. The Hall–Kier alpha value is -2.89. The van der Waals surface area contributed by atoms with Crippen molar-refractivity contribution in [3.05, 3.63) is 60.8 Å². The lowest BCUT2D eigenvalue weighted by Gasteiger charge is -2.18. The molecular weight excluding hydrogens is 853 g/mol. The zero-order valence-corrected chi connectivity index (χ0v) is 45.8. The van der Waals surface area contributed by atoms with Gasteiger partial charge in [-0.2, -0.15) is 0 Å². The van der Waals surface area contributed by atoms with Gasteiger partial charge in [-0.3, -0.25) is 14.4 Å². The van der Waals surface area contributed by atoms with Crippen LogP contribution < -0.4 is 0 Å². The molecule has 0 aromatic carbocycles. The highest BCUT2D eigenvalue weighted by Gasteiger charge is 2.19. The summed E-state index contributed by atoms with van der Waals surface area (Å²) in [6, 6.07) is 0. The zero-order valence-electron chi connectivity index (χ0n) is 45.8. The number of hydrogen-bond donors (Lipinski definition) is 0. The minimum absolute atomic E-state index is 0.0744. The molecule has 0 radical (unpaired) electrons. The van der Waals surface area contributed by atoms with Crippen molar-refractivity contribution in [1.82, 2.24) is 0 Å². The minimum Gasteiger partial charge on any atom is -0.462 e. The molecule has 1 unspecified atom stereocenters. The smallest absolute Gasteiger partial charge is 0.306 e. The quantitative estimate of drug-likeness (QED) is 0.0262. The Kier molecular flexibility index (Phi) is 55.3. The zero-order chi connectivity index (χ0) is 50.0. The van der Waals surface area contributed by atoms with Crippen LogP contribution in [0.4, 0.5) is 0 Å². The topological polar surface area (TPSA) is 78.9 Å². The van der Waals surface area contributed by atoms with Gasteiger partial charge in [0.2, 0.25) is 0 Å². The first-order chi connectivity index (χ1) is 34.0. The first-order valence-corrected chi connectivity index (χ1v) is 29.8. The van der Waals surface area contributed by atoms with E-state index in [-0.39, 0.29) is 31.1 Å². The fourth-order valence-electron chi connectivity index (χ4n) is 8.55. The first-order valence-electron chi connectivity index (χ1n) is 29.8. The Morgan fingerprint density at radius 2 is 0.565 bits per heavy atom. The van der Waals surface area contributed by atoms with Crippen LogP contribution in [0.15, 0.2) is 60.8 Å². The van der Waals surface area contributed by atoms with Gasteiger partial charge in [0.1, 0.15) is 13.2 Å². The largest absolute Gasteiger partial charge is 0.462 e. The Balaban J connectivity index is 4.25. The maximum absolute atomic E-state index is 12.8. The number of allylic oxidation sites excluding steroid dienone is 10. The van der Waals surface area contributed by atoms with Gasteiger partial charge in [0.05, 0.1) is 0 Å². The molecule has 0 spiro atoms. The molecule has 0 rings (SSSR count). The second kappa shape index (κ2) is 57.7. The lowest BCUT2D eigenvalue weighted by atomic mass is 10.0. The van der Waals surface area contributed by atoms with Crippen LogP contribution in [0.2, 0.25) is 0 Å². The van der Waals surface area contributed by atoms with Crippen molar-refractivity contribution >= 4 is 17.9 Å². The van der Waals surface area contributed by atoms with Crippen LogP contribution >= 0.6 is 0 Å². The summed E-state index contributed by atoms with van der Waals surface area (Å²) in [5, 5.41) is 0. The van der Waals surface area contributed by atoms with E-state index in [0.29, 0.717) is 19.3 Å². The predicted molar refractivity (Wildman–Crippen MR) is 298 cm³/mol. The van der Waals surface area contributed by atoms with Gasteiger partial charge >= 0.3 is 17.9 Å². The lowest BCUT2D eigenvalue weighted by molar-refractivity contribution is -0.167. The van der Waals surface area contributed by atoms with E-state index < -0.39 is 6.10 Å². The number of carbonyl (C=O) groups is 3. The fraction of sp³-hybridized carbons (Fsp3) is 0.794. The van der Waals surface area contributed by atoms with Crippen molar-refractivity contribution in [3.63, 3.8) is 0 Å². The lowest BCUT2D eigenvalue weighted by Crippen LogP contribution is -2.30. The summed E-state index contributed by atoms with van der Waals surface area (Å²) in [6.45, 7) is 6.54. The summed E-state index contributed by atoms with van der Waals surface area (Å²) in [5.41, 5.74) is 0. The number of carbonyl (C=O) groups excluding carboxylic acids is 3. The maximum atomic E-state index is 12.8. The maximum Gasteiger partial charge on any atom is 0.306 e. The standard InChI is InChI=1S/C63H112O6/c1-4-7-10-13-16-19-22-25-27-28-29-30-31-32-33-34-35-36-37-39-41-44-47-50-53-56-62(65)68-59-60(58-67-61(64)55-52-49-46-43-40-24-21-18-15-12-9-6-3)69-63(66)57-54-51-48-45-42-38-26-23-20-17-14-11-8-5-2/h7,10,16,19,23,25-27,29-30,60H,4-6,8-9,11-15,17-18,20-22,24,28,31-59H2,1-3H3/b10-7-,19-16-,26-23-,27-25-,30-29-. The number of esters is 3. The highest BCUT2D eigenvalue weighted by molar-refractivity contribution is 5.71. The van der Waals surface area contributed by atoms with E-state index in [0.717, 1.165) is 89.9 Å². The third-order valence-corrected chi connectivity index (χ3v) is 13.0. The molecule has 0 heterocycles. The van der Waals surface area contributed by atoms with Gasteiger partial charge in [0.25, 0.3) is 0 Å². The molecule has 69 heavy (non-hydrogen) atoms. The SMILES string of the molecule is CC/C=C\C/C=C\C/C=C\C/C=C\CCCCCCCCCCCCCCC(=O)OCC(COC(=O)CCCCCCCCCCCCCC)OC(=O)CCCCCCC/C=C\CCCCCCC. The van der Waals surface area contributed by atoms with Crippen LogP contribution in [-0.2, 0) is 28.6 Å². The molecule has 0 saturated carbocycles. The van der Waals surface area contributed by atoms with Crippen molar-refractivity contribution in [2.24, 2.45) is 0 Å². The Labute approximate surface area is 428 Å². The number of rotatable bonds is 54. The van der Waals surface area contributed by atoms with Gasteiger partial charge in [-0.1, -0.05) is 261 Å². The summed E-state index contributed by atoms with van der Waals surface area (Å²) in [7, 11) is 0. The monoisotopic (exact) mass is 965 g/mol. The molecule has 6 nitrogen and oxygen atoms in total. The van der Waals surface area contributed by atoms with E-state index in [1.807, 2.05) is 0 Å². The van der Waals surface area contributed by atoms with Crippen molar-refractivity contribution in [2.45, 2.75) is 309 Å². The number of ether oxygens (including phenoxy) is 3. The van der Waals surface area contributed by atoms with Crippen LogP contribution in [0.3, 0.4) is 0 Å². The normalized spacial score (nSPS) is 12.4. The van der Waals surface area contributed by atoms with Crippen LogP contribution in [0.5, 0.6) is 0 Å². The fourth-order valence-corrected chi connectivity index (χ4v) is 8.55. The van der Waals surface area contributed by atoms with Gasteiger partial charge in [-0.15, -0.1) is 0 Å². The van der Waals surface area contributed by atoms with E-state index in [9.17, 15) is 14.4 Å². The van der Waals surface area contributed by atoms with Crippen LogP contribution in [0, 0.1) is 0 Å². The van der Waals surface area contributed by atoms with E-state index in [1.54, 1.807) is 0 Å². The molecule has 0 N–H and O–H groups in total. The van der Waals surface area contributed by atoms with E-state index >= 15 is 0 Å². The van der Waals surface area contributed by atoms with Crippen LogP contribution in [0.1, 0.15) is 303 Å². The third kappa shape index (κ3) is 55.9. The number of hydrogen-bond acceptors (Lipinski definition) is 6. The highest BCUT2D eigenvalue weighted by atomic mass is 16.6. The molecule has 1 atom stereocenters. The Morgan fingerprint density at radius 1 is 0.304 bits per heavy atom. The van der Waals surface area contributed by atoms with Crippen molar-refractivity contribution in [1.29, 1.82) is 0 Å². The Bertz CT molecular complexity index is 1250. The molecule has 0 aromatic heterocycles. The molecule has 0 aliphatic heterocycles. The van der Waals surface area contributed by atoms with E-state index in [4.69, 9.17) is 14.2 Å². The van der Waals surface area contributed by atoms with Crippen molar-refractivity contribution in [2.75, 3.05) is 13.2 Å². The molecule has 6 heteroatoms. The summed E-state index contributed by atoms with van der Waals surface area (Å²) in [4.78, 5) is 38.1. The van der Waals surface area contributed by atoms with Gasteiger partial charge in [0, 0.05) is 19.3 Å². The molecule has 0 fully saturated rings. The highest BCUT2D eigenvalue weighted by Crippen LogP contribution is 2.16. The molecular formula is C63H112O6. The van der Waals surface area contributed by atoms with Crippen molar-refractivity contribution < 1.29 is 28.6 Å². The predicted octanol–water partition coefficient (Wildman–Crippen LogP) is 20.0.